The van der Waals surface area contributed by atoms with Crippen molar-refractivity contribution in [3.05, 3.63) is 28.7 Å². The lowest BCUT2D eigenvalue weighted by Gasteiger charge is -2.19. The summed E-state index contributed by atoms with van der Waals surface area (Å²) in [5.41, 5.74) is 4.40. The normalized spacial score (nSPS) is 18.3. The van der Waals surface area contributed by atoms with Gasteiger partial charge in [-0.15, -0.1) is 0 Å². The van der Waals surface area contributed by atoms with Crippen LogP contribution >= 0.6 is 0 Å². The predicted molar refractivity (Wildman–Crippen MR) is 57.0 cm³/mol. The van der Waals surface area contributed by atoms with Crippen molar-refractivity contribution in [2.75, 3.05) is 0 Å². The van der Waals surface area contributed by atoms with E-state index >= 15 is 0 Å². The second-order valence-corrected chi connectivity index (χ2v) is 3.12. The van der Waals surface area contributed by atoms with Crippen molar-refractivity contribution >= 4 is 0 Å². The summed E-state index contributed by atoms with van der Waals surface area (Å²) in [5, 5.41) is 0. The average molecular weight is 165 g/mol. The number of allylic oxidation sites excluding steroid dienone is 4. The molecule has 0 unspecified atom stereocenters. The van der Waals surface area contributed by atoms with Gasteiger partial charge < -0.3 is 0 Å². The van der Waals surface area contributed by atoms with Crippen LogP contribution in [0.2, 0.25) is 0 Å². The van der Waals surface area contributed by atoms with Crippen molar-refractivity contribution in [3.8, 4) is 0 Å². The molecule has 0 aliphatic heterocycles. The summed E-state index contributed by atoms with van der Waals surface area (Å²) < 4.78 is 0. The Kier molecular flexibility index (Phi) is 4.96. The van der Waals surface area contributed by atoms with Crippen LogP contribution in [0.5, 0.6) is 0 Å². The first-order valence-corrected chi connectivity index (χ1v) is 4.80. The van der Waals surface area contributed by atoms with Crippen LogP contribution in [0.15, 0.2) is 22.8 Å². The minimum atomic E-state index is 1.15. The van der Waals surface area contributed by atoms with Gasteiger partial charge in [0, 0.05) is 5.92 Å². The molecule has 0 spiro atoms. The van der Waals surface area contributed by atoms with Gasteiger partial charge in [0.05, 0.1) is 0 Å². The van der Waals surface area contributed by atoms with E-state index in [1.165, 1.54) is 22.6 Å². The van der Waals surface area contributed by atoms with Gasteiger partial charge in [-0.05, 0) is 32.8 Å². The van der Waals surface area contributed by atoms with E-state index in [4.69, 9.17) is 0 Å². The van der Waals surface area contributed by atoms with E-state index in [0.717, 1.165) is 6.42 Å². The van der Waals surface area contributed by atoms with Gasteiger partial charge in [0.1, 0.15) is 0 Å². The van der Waals surface area contributed by atoms with E-state index < -0.39 is 0 Å². The van der Waals surface area contributed by atoms with Crippen molar-refractivity contribution in [1.82, 2.24) is 0 Å². The molecule has 0 bridgehead atoms. The van der Waals surface area contributed by atoms with Gasteiger partial charge >= 0.3 is 0 Å². The molecule has 0 saturated carbocycles. The third-order valence-corrected chi connectivity index (χ3v) is 2.51. The Labute approximate surface area is 77.4 Å². The molecule has 0 nitrogen and oxygen atoms in total. The van der Waals surface area contributed by atoms with Crippen molar-refractivity contribution < 1.29 is 0 Å². The Morgan fingerprint density at radius 2 is 1.42 bits per heavy atom. The quantitative estimate of drug-likeness (QED) is 0.502. The third kappa shape index (κ3) is 2.51. The summed E-state index contributed by atoms with van der Waals surface area (Å²) in [5.74, 6) is 1.52. The minimum absolute atomic E-state index is 1.15. The summed E-state index contributed by atoms with van der Waals surface area (Å²) in [4.78, 5) is 0. The van der Waals surface area contributed by atoms with E-state index in [1.54, 1.807) is 0 Å². The molecule has 1 rings (SSSR count). The van der Waals surface area contributed by atoms with Crippen LogP contribution in [0.1, 0.15) is 48.0 Å². The first-order valence-electron chi connectivity index (χ1n) is 4.80. The van der Waals surface area contributed by atoms with Gasteiger partial charge in [0.25, 0.3) is 0 Å². The molecule has 0 fully saturated rings. The second-order valence-electron chi connectivity index (χ2n) is 3.12. The zero-order valence-electron chi connectivity index (χ0n) is 9.28. The Bertz CT molecular complexity index is 194. The van der Waals surface area contributed by atoms with Crippen LogP contribution in [-0.2, 0) is 0 Å². The topological polar surface area (TPSA) is 0 Å². The van der Waals surface area contributed by atoms with Gasteiger partial charge in [0.15, 0.2) is 0 Å². The lowest BCUT2D eigenvalue weighted by Crippen LogP contribution is -2.01. The van der Waals surface area contributed by atoms with Crippen molar-refractivity contribution in [2.45, 2.75) is 48.0 Å². The summed E-state index contributed by atoms with van der Waals surface area (Å²) in [7, 11) is 0. The van der Waals surface area contributed by atoms with Gasteiger partial charge in [-0.2, -0.15) is 0 Å². The minimum Gasteiger partial charge on any atom is -0.0804 e. The highest BCUT2D eigenvalue weighted by atomic mass is 14.2. The fraction of sp³-hybridized carbons (Fsp3) is 0.583. The van der Waals surface area contributed by atoms with Crippen LogP contribution in [-0.4, -0.2) is 0 Å². The molecular formula is C12H21. The molecule has 0 aromatic carbocycles. The molecule has 1 aliphatic rings. The lowest BCUT2D eigenvalue weighted by atomic mass is 9.86. The third-order valence-electron chi connectivity index (χ3n) is 2.51. The van der Waals surface area contributed by atoms with E-state index in [-0.39, 0.29) is 0 Å². The summed E-state index contributed by atoms with van der Waals surface area (Å²) in [6.45, 7) is 12.8. The molecule has 0 atom stereocenters. The molecule has 0 aromatic heterocycles. The fourth-order valence-corrected chi connectivity index (χ4v) is 1.23. The molecule has 0 N–H and O–H groups in total. The van der Waals surface area contributed by atoms with Gasteiger partial charge in [0.2, 0.25) is 0 Å². The Balaban J connectivity index is 0.000000561. The molecule has 0 aromatic rings. The maximum Gasteiger partial charge on any atom is 0.00153 e. The number of hydrogen-bond donors (Lipinski definition) is 0. The predicted octanol–water partition coefficient (Wildman–Crippen LogP) is 4.29. The largest absolute Gasteiger partial charge is 0.0804 e. The van der Waals surface area contributed by atoms with Gasteiger partial charge in [-0.25, -0.2) is 0 Å². The molecule has 69 valence electrons. The molecular weight excluding hydrogens is 144 g/mol. The SMILES string of the molecule is CC.C[C]1CC=C(C)C(C)=C1C. The summed E-state index contributed by atoms with van der Waals surface area (Å²) in [6, 6.07) is 0. The lowest BCUT2D eigenvalue weighted by molar-refractivity contribution is 0.948. The molecule has 1 radical (unpaired) electrons. The second kappa shape index (κ2) is 5.18. The highest BCUT2D eigenvalue weighted by Crippen LogP contribution is 2.29. The van der Waals surface area contributed by atoms with E-state index in [2.05, 4.69) is 33.8 Å². The Morgan fingerprint density at radius 3 is 1.83 bits per heavy atom. The van der Waals surface area contributed by atoms with Crippen molar-refractivity contribution in [3.63, 3.8) is 0 Å². The van der Waals surface area contributed by atoms with E-state index in [1.807, 2.05) is 13.8 Å². The van der Waals surface area contributed by atoms with Gasteiger partial charge in [-0.1, -0.05) is 38.0 Å². The van der Waals surface area contributed by atoms with Crippen molar-refractivity contribution in [2.24, 2.45) is 0 Å². The van der Waals surface area contributed by atoms with E-state index in [0.29, 0.717) is 0 Å². The highest BCUT2D eigenvalue weighted by molar-refractivity contribution is 5.42. The Morgan fingerprint density at radius 1 is 0.917 bits per heavy atom. The molecule has 0 saturated heterocycles. The van der Waals surface area contributed by atoms with Crippen LogP contribution in [0.4, 0.5) is 0 Å². The van der Waals surface area contributed by atoms with E-state index in [9.17, 15) is 0 Å². The molecule has 0 heterocycles. The number of hydrogen-bond acceptors (Lipinski definition) is 0. The Hall–Kier alpha value is -0.520. The molecule has 0 heteroatoms. The zero-order valence-corrected chi connectivity index (χ0v) is 9.28. The standard InChI is InChI=1S/C10H15.C2H6/c1-7-5-6-8(2)10(4)9(7)3;1-2/h5H,6H2,1-4H3;1-2H3. The monoisotopic (exact) mass is 165 g/mol. The van der Waals surface area contributed by atoms with Crippen LogP contribution in [0.3, 0.4) is 0 Å². The maximum absolute atomic E-state index is 2.30. The van der Waals surface area contributed by atoms with Crippen LogP contribution in [0.25, 0.3) is 0 Å². The van der Waals surface area contributed by atoms with Crippen LogP contribution < -0.4 is 0 Å². The zero-order chi connectivity index (χ0) is 9.72. The van der Waals surface area contributed by atoms with Gasteiger partial charge in [-0.3, -0.25) is 0 Å². The highest BCUT2D eigenvalue weighted by Gasteiger charge is 2.12. The molecule has 12 heavy (non-hydrogen) atoms. The number of rotatable bonds is 0. The maximum atomic E-state index is 2.30. The first kappa shape index (κ1) is 11.5. The van der Waals surface area contributed by atoms with Crippen LogP contribution in [0, 0.1) is 5.92 Å². The first-order chi connectivity index (χ1) is 5.63. The molecule has 1 aliphatic carbocycles. The molecule has 0 amide bonds. The summed E-state index contributed by atoms with van der Waals surface area (Å²) >= 11 is 0. The van der Waals surface area contributed by atoms with Crippen molar-refractivity contribution in [1.29, 1.82) is 0 Å². The summed E-state index contributed by atoms with van der Waals surface area (Å²) in [6.07, 6.45) is 3.45. The average Bonchev–Trinajstić information content (AvgIpc) is 2.12. The fourth-order valence-electron chi connectivity index (χ4n) is 1.23. The smallest absolute Gasteiger partial charge is 0.00153 e.